The van der Waals surface area contributed by atoms with Crippen molar-refractivity contribution in [1.82, 2.24) is 10.2 Å². The Bertz CT molecular complexity index is 571. The maximum absolute atomic E-state index is 12.0. The molecule has 0 spiro atoms. The zero-order chi connectivity index (χ0) is 14.5. The molecular weight excluding hydrogens is 254 g/mol. The minimum atomic E-state index is 0.0632. The molecule has 2 rings (SSSR count). The molecule has 5 nitrogen and oxygen atoms in total. The van der Waals surface area contributed by atoms with E-state index >= 15 is 0 Å². The van der Waals surface area contributed by atoms with Gasteiger partial charge in [-0.15, -0.1) is 10.2 Å². The van der Waals surface area contributed by atoms with Gasteiger partial charge in [-0.25, -0.2) is 0 Å². The molecule has 0 atom stereocenters. The monoisotopic (exact) mass is 273 g/mol. The van der Waals surface area contributed by atoms with E-state index in [0.717, 1.165) is 24.1 Å². The molecule has 1 N–H and O–H groups in total. The molecule has 0 radical (unpaired) electrons. The van der Waals surface area contributed by atoms with Crippen LogP contribution in [0.2, 0.25) is 0 Å². The summed E-state index contributed by atoms with van der Waals surface area (Å²) in [6, 6.07) is 7.40. The summed E-state index contributed by atoms with van der Waals surface area (Å²) in [5.74, 6) is 1.15. The number of hydrogen-bond donors (Lipinski definition) is 1. The molecule has 0 aliphatic rings. The average molecular weight is 273 g/mol. The second-order valence-corrected chi connectivity index (χ2v) is 4.71. The van der Waals surface area contributed by atoms with Crippen molar-refractivity contribution in [2.45, 2.75) is 33.6 Å². The van der Waals surface area contributed by atoms with E-state index in [2.05, 4.69) is 15.5 Å². The van der Waals surface area contributed by atoms with E-state index in [1.807, 2.05) is 38.1 Å². The highest BCUT2D eigenvalue weighted by Crippen LogP contribution is 2.20. The number of nitrogens with zero attached hydrogens (tertiary/aromatic N) is 2. The molecular formula is C15H19N3O2. The zero-order valence-corrected chi connectivity index (χ0v) is 12.0. The molecule has 1 amide bonds. The summed E-state index contributed by atoms with van der Waals surface area (Å²) in [6.45, 7) is 5.80. The number of aryl methyl sites for hydroxylation is 1. The summed E-state index contributed by atoms with van der Waals surface area (Å²) in [7, 11) is 0. The molecule has 2 aromatic rings. The van der Waals surface area contributed by atoms with Crippen LogP contribution in [-0.2, 0) is 4.79 Å². The first kappa shape index (κ1) is 14.2. The maximum Gasteiger partial charge on any atom is 0.247 e. The second-order valence-electron chi connectivity index (χ2n) is 4.71. The molecule has 1 heterocycles. The van der Waals surface area contributed by atoms with E-state index in [9.17, 15) is 4.79 Å². The first-order valence-corrected chi connectivity index (χ1v) is 6.85. The largest absolute Gasteiger partial charge is 0.421 e. The Balaban J connectivity index is 2.07. The van der Waals surface area contributed by atoms with Crippen LogP contribution in [-0.4, -0.2) is 16.1 Å². The minimum Gasteiger partial charge on any atom is -0.421 e. The summed E-state index contributed by atoms with van der Waals surface area (Å²) >= 11 is 0. The zero-order valence-electron chi connectivity index (χ0n) is 12.0. The van der Waals surface area contributed by atoms with Crippen molar-refractivity contribution in [3.63, 3.8) is 0 Å². The number of carbonyl (C=O) groups excluding carboxylic acids is 1. The Kier molecular flexibility index (Phi) is 4.50. The summed E-state index contributed by atoms with van der Waals surface area (Å²) < 4.78 is 5.35. The van der Waals surface area contributed by atoms with Crippen molar-refractivity contribution in [1.29, 1.82) is 0 Å². The lowest BCUT2D eigenvalue weighted by molar-refractivity contribution is -0.120. The number of aromatic nitrogens is 2. The third kappa shape index (κ3) is 3.23. The quantitative estimate of drug-likeness (QED) is 0.906. The van der Waals surface area contributed by atoms with E-state index in [1.54, 1.807) is 6.92 Å². The lowest BCUT2D eigenvalue weighted by atomic mass is 10.0. The Morgan fingerprint density at radius 2 is 1.85 bits per heavy atom. The van der Waals surface area contributed by atoms with Crippen LogP contribution in [0.4, 0.5) is 5.69 Å². The number of carbonyl (C=O) groups is 1. The molecule has 0 fully saturated rings. The number of anilines is 1. The van der Waals surface area contributed by atoms with Crippen molar-refractivity contribution in [3.8, 4) is 11.5 Å². The van der Waals surface area contributed by atoms with Crippen molar-refractivity contribution in [2.24, 2.45) is 5.92 Å². The maximum atomic E-state index is 12.0. The topological polar surface area (TPSA) is 68.0 Å². The molecule has 1 aromatic heterocycles. The van der Waals surface area contributed by atoms with Crippen LogP contribution < -0.4 is 5.32 Å². The van der Waals surface area contributed by atoms with Gasteiger partial charge < -0.3 is 9.73 Å². The highest BCUT2D eigenvalue weighted by atomic mass is 16.4. The van der Waals surface area contributed by atoms with Crippen LogP contribution in [0.5, 0.6) is 0 Å². The van der Waals surface area contributed by atoms with Gasteiger partial charge in [-0.3, -0.25) is 4.79 Å². The molecule has 0 saturated heterocycles. The summed E-state index contributed by atoms with van der Waals surface area (Å²) in [5.41, 5.74) is 1.62. The van der Waals surface area contributed by atoms with Crippen LogP contribution in [0.1, 0.15) is 32.6 Å². The first-order chi connectivity index (χ1) is 9.63. The smallest absolute Gasteiger partial charge is 0.247 e. The van der Waals surface area contributed by atoms with E-state index in [0.29, 0.717) is 11.8 Å². The second kappa shape index (κ2) is 6.32. The van der Waals surface area contributed by atoms with Gasteiger partial charge in [-0.05, 0) is 37.1 Å². The van der Waals surface area contributed by atoms with Crippen LogP contribution in [0.25, 0.3) is 11.5 Å². The van der Waals surface area contributed by atoms with Gasteiger partial charge in [-0.1, -0.05) is 13.8 Å². The van der Waals surface area contributed by atoms with E-state index in [1.165, 1.54) is 0 Å². The molecule has 0 saturated carbocycles. The molecule has 0 bridgehead atoms. The molecule has 0 aliphatic heterocycles. The van der Waals surface area contributed by atoms with Gasteiger partial charge in [0.05, 0.1) is 0 Å². The van der Waals surface area contributed by atoms with Crippen LogP contribution in [0.3, 0.4) is 0 Å². The summed E-state index contributed by atoms with van der Waals surface area (Å²) in [4.78, 5) is 12.0. The van der Waals surface area contributed by atoms with Gasteiger partial charge in [0.1, 0.15) is 0 Å². The fourth-order valence-corrected chi connectivity index (χ4v) is 2.01. The van der Waals surface area contributed by atoms with Crippen LogP contribution in [0, 0.1) is 12.8 Å². The lowest BCUT2D eigenvalue weighted by Gasteiger charge is -2.12. The Hall–Kier alpha value is -2.17. The molecule has 0 unspecified atom stereocenters. The predicted molar refractivity (Wildman–Crippen MR) is 77.2 cm³/mol. The van der Waals surface area contributed by atoms with E-state index in [-0.39, 0.29) is 11.8 Å². The SMILES string of the molecule is CCC(CC)C(=O)Nc1ccc(-c2nnc(C)o2)cc1. The summed E-state index contributed by atoms with van der Waals surface area (Å²) in [6.07, 6.45) is 1.70. The van der Waals surface area contributed by atoms with Crippen molar-refractivity contribution in [2.75, 3.05) is 5.32 Å². The predicted octanol–water partition coefficient (Wildman–Crippen LogP) is 3.42. The molecule has 106 valence electrons. The highest BCUT2D eigenvalue weighted by molar-refractivity contribution is 5.92. The first-order valence-electron chi connectivity index (χ1n) is 6.85. The fourth-order valence-electron chi connectivity index (χ4n) is 2.01. The highest BCUT2D eigenvalue weighted by Gasteiger charge is 2.14. The number of benzene rings is 1. The number of nitrogens with one attached hydrogen (secondary N) is 1. The molecule has 5 heteroatoms. The molecule has 0 aliphatic carbocycles. The van der Waals surface area contributed by atoms with E-state index in [4.69, 9.17) is 4.42 Å². The van der Waals surface area contributed by atoms with Gasteiger partial charge >= 0.3 is 0 Å². The van der Waals surface area contributed by atoms with Crippen molar-refractivity contribution < 1.29 is 9.21 Å². The lowest BCUT2D eigenvalue weighted by Crippen LogP contribution is -2.21. The number of hydrogen-bond acceptors (Lipinski definition) is 4. The fraction of sp³-hybridized carbons (Fsp3) is 0.400. The standard InChI is InChI=1S/C15H19N3O2/c1-4-11(5-2)14(19)16-13-8-6-12(7-9-13)15-18-17-10(3)20-15/h6-9,11H,4-5H2,1-3H3,(H,16,19). The third-order valence-electron chi connectivity index (χ3n) is 3.28. The van der Waals surface area contributed by atoms with Gasteiger partial charge in [0, 0.05) is 24.1 Å². The minimum absolute atomic E-state index is 0.0632. The van der Waals surface area contributed by atoms with Gasteiger partial charge in [0.2, 0.25) is 17.7 Å². The van der Waals surface area contributed by atoms with E-state index < -0.39 is 0 Å². The van der Waals surface area contributed by atoms with Gasteiger partial charge in [0.15, 0.2) is 0 Å². The van der Waals surface area contributed by atoms with Gasteiger partial charge in [0.25, 0.3) is 0 Å². The normalized spacial score (nSPS) is 10.8. The Labute approximate surface area is 118 Å². The number of amides is 1. The summed E-state index contributed by atoms with van der Waals surface area (Å²) in [5, 5.41) is 10.7. The number of rotatable bonds is 5. The Morgan fingerprint density at radius 1 is 1.20 bits per heavy atom. The molecule has 1 aromatic carbocycles. The van der Waals surface area contributed by atoms with Crippen LogP contribution >= 0.6 is 0 Å². The van der Waals surface area contributed by atoms with Crippen molar-refractivity contribution in [3.05, 3.63) is 30.2 Å². The van der Waals surface area contributed by atoms with Gasteiger partial charge in [-0.2, -0.15) is 0 Å². The molecule has 20 heavy (non-hydrogen) atoms. The third-order valence-corrected chi connectivity index (χ3v) is 3.28. The average Bonchev–Trinajstić information content (AvgIpc) is 2.87. The van der Waals surface area contributed by atoms with Crippen LogP contribution in [0.15, 0.2) is 28.7 Å². The van der Waals surface area contributed by atoms with Crippen molar-refractivity contribution >= 4 is 11.6 Å². The Morgan fingerprint density at radius 3 is 2.35 bits per heavy atom.